The van der Waals surface area contributed by atoms with Gasteiger partial charge < -0.3 is 11.1 Å². The Hall–Kier alpha value is -1.13. The van der Waals surface area contributed by atoms with Crippen LogP contribution in [-0.4, -0.2) is 12.5 Å². The van der Waals surface area contributed by atoms with Gasteiger partial charge in [0.2, 0.25) is 5.91 Å². The fraction of sp³-hybridized carbons (Fsp3) is 0.462. The predicted molar refractivity (Wildman–Crippen MR) is 66.5 cm³/mol. The lowest BCUT2D eigenvalue weighted by Gasteiger charge is -2.59. The number of carbonyl (C=O) groups is 1. The summed E-state index contributed by atoms with van der Waals surface area (Å²) in [7, 11) is 0. The number of nitrogens with two attached hydrogens (primary N) is 1. The van der Waals surface area contributed by atoms with Crippen molar-refractivity contribution < 1.29 is 9.18 Å². The Balaban J connectivity index is 1.80. The van der Waals surface area contributed by atoms with Crippen LogP contribution in [0.1, 0.15) is 24.4 Å². The lowest BCUT2D eigenvalue weighted by atomic mass is 9.53. The number of benzene rings is 1. The van der Waals surface area contributed by atoms with Gasteiger partial charge in [-0.3, -0.25) is 4.79 Å². The monoisotopic (exact) mass is 268 g/mol. The molecule has 1 spiro atoms. The van der Waals surface area contributed by atoms with E-state index in [1.54, 1.807) is 6.07 Å². The third-order valence-electron chi connectivity index (χ3n) is 4.20. The molecule has 1 aliphatic heterocycles. The highest BCUT2D eigenvalue weighted by Crippen LogP contribution is 2.58. The summed E-state index contributed by atoms with van der Waals surface area (Å²) in [6.45, 7) is 0.857. The predicted octanol–water partition coefficient (Wildman–Crippen LogP) is 2.01. The van der Waals surface area contributed by atoms with Crippen LogP contribution in [0.5, 0.6) is 0 Å². The number of rotatable bonds is 2. The Kier molecular flexibility index (Phi) is 2.61. The number of halogens is 2. The number of carbonyl (C=O) groups excluding carboxylic acids is 1. The first kappa shape index (κ1) is 11.9. The molecule has 96 valence electrons. The second kappa shape index (κ2) is 3.93. The summed E-state index contributed by atoms with van der Waals surface area (Å²) in [5.74, 6) is -0.589. The second-order valence-corrected chi connectivity index (χ2v) is 5.82. The van der Waals surface area contributed by atoms with E-state index in [-0.39, 0.29) is 29.1 Å². The standard InChI is InChI=1S/C13H14ClFN2O/c14-9-1-7(2-10(15)3-9)11-13(6-17-11)4-8(5-13)12(16)18/h1-3,8,11,17H,4-6H2,(H2,16,18). The fourth-order valence-electron chi connectivity index (χ4n) is 3.21. The van der Waals surface area contributed by atoms with Crippen molar-refractivity contribution in [3.63, 3.8) is 0 Å². The van der Waals surface area contributed by atoms with Gasteiger partial charge in [-0.1, -0.05) is 11.6 Å². The summed E-state index contributed by atoms with van der Waals surface area (Å²) in [6, 6.07) is 4.66. The molecule has 5 heteroatoms. The van der Waals surface area contributed by atoms with Crippen LogP contribution in [0.25, 0.3) is 0 Å². The second-order valence-electron chi connectivity index (χ2n) is 5.39. The average molecular weight is 269 g/mol. The van der Waals surface area contributed by atoms with Crippen LogP contribution in [-0.2, 0) is 4.79 Å². The van der Waals surface area contributed by atoms with Crippen LogP contribution >= 0.6 is 11.6 Å². The zero-order chi connectivity index (χ0) is 12.9. The van der Waals surface area contributed by atoms with Crippen molar-refractivity contribution in [1.82, 2.24) is 5.32 Å². The molecule has 1 saturated heterocycles. The summed E-state index contributed by atoms with van der Waals surface area (Å²) in [5.41, 5.74) is 6.21. The first-order chi connectivity index (χ1) is 8.50. The van der Waals surface area contributed by atoms with Crippen LogP contribution in [0, 0.1) is 17.2 Å². The lowest BCUT2D eigenvalue weighted by molar-refractivity contribution is -0.135. The molecule has 1 atom stereocenters. The molecular weight excluding hydrogens is 255 g/mol. The maximum atomic E-state index is 13.3. The minimum absolute atomic E-state index is 0.0290. The van der Waals surface area contributed by atoms with E-state index in [2.05, 4.69) is 5.32 Å². The number of amides is 1. The van der Waals surface area contributed by atoms with Crippen molar-refractivity contribution in [1.29, 1.82) is 0 Å². The van der Waals surface area contributed by atoms with Crippen LogP contribution in [0.4, 0.5) is 4.39 Å². The Morgan fingerprint density at radius 1 is 1.44 bits per heavy atom. The molecule has 2 fully saturated rings. The Bertz CT molecular complexity index is 493. The smallest absolute Gasteiger partial charge is 0.220 e. The molecule has 0 bridgehead atoms. The number of hydrogen-bond donors (Lipinski definition) is 2. The zero-order valence-corrected chi connectivity index (χ0v) is 10.5. The molecular formula is C13H14ClFN2O. The normalized spacial score (nSPS) is 33.9. The topological polar surface area (TPSA) is 55.1 Å². The van der Waals surface area contributed by atoms with E-state index in [0.29, 0.717) is 5.02 Å². The highest BCUT2D eigenvalue weighted by atomic mass is 35.5. The first-order valence-electron chi connectivity index (χ1n) is 5.99. The molecule has 1 aliphatic carbocycles. The van der Waals surface area contributed by atoms with E-state index in [1.807, 2.05) is 0 Å². The van der Waals surface area contributed by atoms with Gasteiger partial charge in [0, 0.05) is 28.9 Å². The number of nitrogens with one attached hydrogen (secondary N) is 1. The molecule has 3 N–H and O–H groups in total. The first-order valence-corrected chi connectivity index (χ1v) is 6.37. The molecule has 18 heavy (non-hydrogen) atoms. The van der Waals surface area contributed by atoms with Crippen LogP contribution in [0.2, 0.25) is 5.02 Å². The Morgan fingerprint density at radius 2 is 2.17 bits per heavy atom. The molecule has 1 aromatic rings. The minimum Gasteiger partial charge on any atom is -0.369 e. The molecule has 1 aromatic carbocycles. The van der Waals surface area contributed by atoms with E-state index in [1.165, 1.54) is 12.1 Å². The lowest BCUT2D eigenvalue weighted by Crippen LogP contribution is -2.63. The van der Waals surface area contributed by atoms with Crippen LogP contribution in [0.3, 0.4) is 0 Å². The van der Waals surface area contributed by atoms with Crippen molar-refractivity contribution in [2.24, 2.45) is 17.1 Å². The third kappa shape index (κ3) is 1.71. The Morgan fingerprint density at radius 3 is 2.67 bits per heavy atom. The van der Waals surface area contributed by atoms with Gasteiger partial charge >= 0.3 is 0 Å². The van der Waals surface area contributed by atoms with Gasteiger partial charge in [-0.25, -0.2) is 4.39 Å². The molecule has 1 heterocycles. The quantitative estimate of drug-likeness (QED) is 0.862. The van der Waals surface area contributed by atoms with Gasteiger partial charge in [0.05, 0.1) is 0 Å². The van der Waals surface area contributed by atoms with Crippen molar-refractivity contribution in [3.8, 4) is 0 Å². The molecule has 1 unspecified atom stereocenters. The summed E-state index contributed by atoms with van der Waals surface area (Å²) in [5, 5.41) is 3.69. The summed E-state index contributed by atoms with van der Waals surface area (Å²) < 4.78 is 13.3. The number of primary amides is 1. The summed E-state index contributed by atoms with van der Waals surface area (Å²) >= 11 is 5.87. The van der Waals surface area contributed by atoms with Gasteiger partial charge in [0.15, 0.2) is 0 Å². The van der Waals surface area contributed by atoms with Gasteiger partial charge in [0.25, 0.3) is 0 Å². The zero-order valence-electron chi connectivity index (χ0n) is 9.75. The molecule has 3 nitrogen and oxygen atoms in total. The summed E-state index contributed by atoms with van der Waals surface area (Å²) in [4.78, 5) is 11.1. The van der Waals surface area contributed by atoms with Crippen LogP contribution in [0.15, 0.2) is 18.2 Å². The highest BCUT2D eigenvalue weighted by Gasteiger charge is 2.57. The van der Waals surface area contributed by atoms with E-state index in [9.17, 15) is 9.18 Å². The maximum Gasteiger partial charge on any atom is 0.220 e. The molecule has 3 rings (SSSR count). The van der Waals surface area contributed by atoms with Gasteiger partial charge in [-0.15, -0.1) is 0 Å². The SMILES string of the molecule is NC(=O)C1CC2(CNC2c2cc(F)cc(Cl)c2)C1. The third-order valence-corrected chi connectivity index (χ3v) is 4.42. The molecule has 2 aliphatic rings. The van der Waals surface area contributed by atoms with Crippen LogP contribution < -0.4 is 11.1 Å². The molecule has 0 aromatic heterocycles. The average Bonchev–Trinajstić information content (AvgIpc) is 2.10. The van der Waals surface area contributed by atoms with Gasteiger partial charge in [-0.2, -0.15) is 0 Å². The number of hydrogen-bond acceptors (Lipinski definition) is 2. The molecule has 1 saturated carbocycles. The van der Waals surface area contributed by atoms with E-state index < -0.39 is 0 Å². The van der Waals surface area contributed by atoms with Crippen molar-refractivity contribution in [3.05, 3.63) is 34.6 Å². The van der Waals surface area contributed by atoms with Gasteiger partial charge in [0.1, 0.15) is 5.82 Å². The molecule has 1 amide bonds. The summed E-state index contributed by atoms with van der Waals surface area (Å²) in [6.07, 6.45) is 1.57. The van der Waals surface area contributed by atoms with E-state index in [0.717, 1.165) is 24.9 Å². The van der Waals surface area contributed by atoms with Crippen molar-refractivity contribution >= 4 is 17.5 Å². The highest BCUT2D eigenvalue weighted by molar-refractivity contribution is 6.30. The van der Waals surface area contributed by atoms with E-state index in [4.69, 9.17) is 17.3 Å². The maximum absolute atomic E-state index is 13.3. The molecule has 0 radical (unpaired) electrons. The van der Waals surface area contributed by atoms with E-state index >= 15 is 0 Å². The Labute approximate surface area is 109 Å². The van der Waals surface area contributed by atoms with Gasteiger partial charge in [-0.05, 0) is 36.6 Å². The minimum atomic E-state index is -0.327. The fourth-order valence-corrected chi connectivity index (χ4v) is 3.44. The largest absolute Gasteiger partial charge is 0.369 e. The van der Waals surface area contributed by atoms with Crippen molar-refractivity contribution in [2.75, 3.05) is 6.54 Å². The van der Waals surface area contributed by atoms with Crippen molar-refractivity contribution in [2.45, 2.75) is 18.9 Å².